The number of hydrogen-bond acceptors (Lipinski definition) is 2. The molecule has 17 heavy (non-hydrogen) atoms. The third-order valence-corrected chi connectivity index (χ3v) is 3.25. The molecule has 2 nitrogen and oxygen atoms in total. The first kappa shape index (κ1) is 14.0. The molecule has 1 unspecified atom stereocenters. The van der Waals surface area contributed by atoms with Crippen molar-refractivity contribution in [1.29, 1.82) is 0 Å². The Morgan fingerprint density at radius 1 is 1.24 bits per heavy atom. The molecule has 0 fully saturated rings. The van der Waals surface area contributed by atoms with E-state index in [9.17, 15) is 0 Å². The number of hydrogen-bond donors (Lipinski definition) is 1. The molecule has 0 aliphatic carbocycles. The lowest BCUT2D eigenvalue weighted by molar-refractivity contribution is 0.414. The van der Waals surface area contributed by atoms with E-state index in [4.69, 9.17) is 10.5 Å². The molecule has 1 atom stereocenters. The first-order valence-corrected chi connectivity index (χ1v) is 6.59. The summed E-state index contributed by atoms with van der Waals surface area (Å²) in [5.74, 6) is 0.907. The van der Waals surface area contributed by atoms with Crippen molar-refractivity contribution < 1.29 is 4.74 Å². The van der Waals surface area contributed by atoms with E-state index >= 15 is 0 Å². The maximum atomic E-state index is 6.23. The standard InChI is InChI=1S/C15H25NO/c1-4-5-6-7-8-15(16)14-10-9-13(17-3)11-12(14)2/h9-11,15H,4-8,16H2,1-3H3. The monoisotopic (exact) mass is 235 g/mol. The van der Waals surface area contributed by atoms with Gasteiger partial charge in [-0.25, -0.2) is 0 Å². The molecule has 1 rings (SSSR count). The molecule has 0 amide bonds. The minimum atomic E-state index is 0.165. The fourth-order valence-electron chi connectivity index (χ4n) is 2.14. The topological polar surface area (TPSA) is 35.2 Å². The van der Waals surface area contributed by atoms with Gasteiger partial charge in [-0.3, -0.25) is 0 Å². The molecule has 0 heterocycles. The molecule has 0 spiro atoms. The zero-order valence-corrected chi connectivity index (χ0v) is 11.3. The smallest absolute Gasteiger partial charge is 0.119 e. The Kier molecular flexibility index (Phi) is 6.06. The molecule has 1 aromatic carbocycles. The Hall–Kier alpha value is -1.02. The van der Waals surface area contributed by atoms with E-state index in [1.165, 1.54) is 36.8 Å². The lowest BCUT2D eigenvalue weighted by Crippen LogP contribution is -2.11. The zero-order valence-electron chi connectivity index (χ0n) is 11.3. The highest BCUT2D eigenvalue weighted by molar-refractivity contribution is 5.36. The van der Waals surface area contributed by atoms with Gasteiger partial charge < -0.3 is 10.5 Å². The largest absolute Gasteiger partial charge is 0.497 e. The summed E-state index contributed by atoms with van der Waals surface area (Å²) in [5, 5.41) is 0. The predicted octanol–water partition coefficient (Wildman–Crippen LogP) is 3.97. The second-order valence-electron chi connectivity index (χ2n) is 4.68. The van der Waals surface area contributed by atoms with Crippen LogP contribution in [0.25, 0.3) is 0 Å². The minimum absolute atomic E-state index is 0.165. The molecule has 0 saturated heterocycles. The van der Waals surface area contributed by atoms with Gasteiger partial charge in [0.15, 0.2) is 0 Å². The third kappa shape index (κ3) is 4.39. The average molecular weight is 235 g/mol. The third-order valence-electron chi connectivity index (χ3n) is 3.25. The lowest BCUT2D eigenvalue weighted by Gasteiger charge is -2.15. The van der Waals surface area contributed by atoms with E-state index in [-0.39, 0.29) is 6.04 Å². The van der Waals surface area contributed by atoms with E-state index in [1.54, 1.807) is 7.11 Å². The summed E-state index contributed by atoms with van der Waals surface area (Å²) < 4.78 is 5.20. The van der Waals surface area contributed by atoms with Crippen molar-refractivity contribution >= 4 is 0 Å². The summed E-state index contributed by atoms with van der Waals surface area (Å²) in [6, 6.07) is 6.31. The van der Waals surface area contributed by atoms with Gasteiger partial charge in [-0.1, -0.05) is 38.7 Å². The van der Waals surface area contributed by atoms with Gasteiger partial charge in [-0.2, -0.15) is 0 Å². The molecule has 0 aliphatic rings. The fourth-order valence-corrected chi connectivity index (χ4v) is 2.14. The van der Waals surface area contributed by atoms with Crippen molar-refractivity contribution in [3.8, 4) is 5.75 Å². The van der Waals surface area contributed by atoms with Crippen LogP contribution >= 0.6 is 0 Å². The molecule has 0 aromatic heterocycles. The van der Waals surface area contributed by atoms with Crippen LogP contribution in [-0.4, -0.2) is 7.11 Å². The number of aryl methyl sites for hydroxylation is 1. The summed E-state index contributed by atoms with van der Waals surface area (Å²) >= 11 is 0. The van der Waals surface area contributed by atoms with Crippen LogP contribution < -0.4 is 10.5 Å². The van der Waals surface area contributed by atoms with Crippen LogP contribution in [0.3, 0.4) is 0 Å². The first-order chi connectivity index (χ1) is 8.19. The van der Waals surface area contributed by atoms with Crippen molar-refractivity contribution in [3.63, 3.8) is 0 Å². The Morgan fingerprint density at radius 2 is 2.00 bits per heavy atom. The maximum absolute atomic E-state index is 6.23. The van der Waals surface area contributed by atoms with Crippen molar-refractivity contribution in [2.75, 3.05) is 7.11 Å². The molecule has 2 heteroatoms. The Labute approximate surface area is 105 Å². The summed E-state index contributed by atoms with van der Waals surface area (Å²) in [5.41, 5.74) is 8.71. The van der Waals surface area contributed by atoms with E-state index in [2.05, 4.69) is 26.0 Å². The van der Waals surface area contributed by atoms with Crippen molar-refractivity contribution in [3.05, 3.63) is 29.3 Å². The molecule has 0 aliphatic heterocycles. The summed E-state index contributed by atoms with van der Waals surface area (Å²) in [4.78, 5) is 0. The number of rotatable bonds is 7. The summed E-state index contributed by atoms with van der Waals surface area (Å²) in [6.45, 7) is 4.33. The first-order valence-electron chi connectivity index (χ1n) is 6.59. The SMILES string of the molecule is CCCCCCC(N)c1ccc(OC)cc1C. The second kappa shape index (κ2) is 7.33. The van der Waals surface area contributed by atoms with Gasteiger partial charge in [-0.15, -0.1) is 0 Å². The Bertz CT molecular complexity index is 336. The lowest BCUT2D eigenvalue weighted by atomic mass is 9.97. The second-order valence-corrected chi connectivity index (χ2v) is 4.68. The average Bonchev–Trinajstić information content (AvgIpc) is 2.34. The molecule has 0 radical (unpaired) electrons. The molecular weight excluding hydrogens is 210 g/mol. The van der Waals surface area contributed by atoms with Crippen LogP contribution in [0.5, 0.6) is 5.75 Å². The van der Waals surface area contributed by atoms with E-state index in [1.807, 2.05) is 6.07 Å². The molecule has 2 N–H and O–H groups in total. The number of methoxy groups -OCH3 is 1. The van der Waals surface area contributed by atoms with Gasteiger partial charge in [0.05, 0.1) is 7.11 Å². The van der Waals surface area contributed by atoms with Gasteiger partial charge in [0.1, 0.15) is 5.75 Å². The van der Waals surface area contributed by atoms with Crippen molar-refractivity contribution in [2.45, 2.75) is 52.0 Å². The summed E-state index contributed by atoms with van der Waals surface area (Å²) in [6.07, 6.45) is 6.18. The van der Waals surface area contributed by atoms with E-state index in [0.29, 0.717) is 0 Å². The maximum Gasteiger partial charge on any atom is 0.119 e. The van der Waals surface area contributed by atoms with Crippen molar-refractivity contribution in [2.24, 2.45) is 5.73 Å². The zero-order chi connectivity index (χ0) is 12.7. The van der Waals surface area contributed by atoms with Crippen LogP contribution in [0.2, 0.25) is 0 Å². The minimum Gasteiger partial charge on any atom is -0.497 e. The Morgan fingerprint density at radius 3 is 2.59 bits per heavy atom. The highest BCUT2D eigenvalue weighted by atomic mass is 16.5. The van der Waals surface area contributed by atoms with E-state index < -0.39 is 0 Å². The highest BCUT2D eigenvalue weighted by Gasteiger charge is 2.09. The van der Waals surface area contributed by atoms with Gasteiger partial charge in [0.2, 0.25) is 0 Å². The van der Waals surface area contributed by atoms with Crippen LogP contribution in [0.1, 0.15) is 56.2 Å². The van der Waals surface area contributed by atoms with Crippen LogP contribution in [-0.2, 0) is 0 Å². The fraction of sp³-hybridized carbons (Fsp3) is 0.600. The number of ether oxygens (including phenoxy) is 1. The Balaban J connectivity index is 2.53. The molecule has 1 aromatic rings. The number of benzene rings is 1. The molecular formula is C15H25NO. The van der Waals surface area contributed by atoms with Crippen LogP contribution in [0.15, 0.2) is 18.2 Å². The molecule has 0 saturated carbocycles. The predicted molar refractivity (Wildman–Crippen MR) is 73.4 cm³/mol. The quantitative estimate of drug-likeness (QED) is 0.726. The van der Waals surface area contributed by atoms with E-state index in [0.717, 1.165) is 12.2 Å². The van der Waals surface area contributed by atoms with Crippen LogP contribution in [0, 0.1) is 6.92 Å². The normalized spacial score (nSPS) is 12.5. The molecule has 96 valence electrons. The number of unbranched alkanes of at least 4 members (excludes halogenated alkanes) is 3. The van der Waals surface area contributed by atoms with Gasteiger partial charge in [0.25, 0.3) is 0 Å². The molecule has 0 bridgehead atoms. The van der Waals surface area contributed by atoms with Gasteiger partial charge in [0, 0.05) is 6.04 Å². The van der Waals surface area contributed by atoms with Gasteiger partial charge >= 0.3 is 0 Å². The summed E-state index contributed by atoms with van der Waals surface area (Å²) in [7, 11) is 1.69. The van der Waals surface area contributed by atoms with Gasteiger partial charge in [-0.05, 0) is 36.6 Å². The highest BCUT2D eigenvalue weighted by Crippen LogP contribution is 2.24. The number of nitrogens with two attached hydrogens (primary N) is 1. The van der Waals surface area contributed by atoms with Crippen molar-refractivity contribution in [1.82, 2.24) is 0 Å². The van der Waals surface area contributed by atoms with Crippen LogP contribution in [0.4, 0.5) is 0 Å².